The van der Waals surface area contributed by atoms with Gasteiger partial charge in [0.05, 0.1) is 0 Å². The second-order valence-corrected chi connectivity index (χ2v) is 4.95. The highest BCUT2D eigenvalue weighted by Gasteiger charge is 2.26. The van der Waals surface area contributed by atoms with E-state index in [1.54, 1.807) is 6.20 Å². The van der Waals surface area contributed by atoms with Crippen molar-refractivity contribution in [2.45, 2.75) is 25.9 Å². The summed E-state index contributed by atoms with van der Waals surface area (Å²) in [4.78, 5) is 18.0. The SMILES string of the molecule is CC(CN)C(=O)N1CCC(Oc2ccccn2)CC1.Cl.Cl. The summed E-state index contributed by atoms with van der Waals surface area (Å²) in [5.41, 5.74) is 5.53. The molecule has 0 aliphatic carbocycles. The number of amides is 1. The molecule has 1 unspecified atom stereocenters. The summed E-state index contributed by atoms with van der Waals surface area (Å²) in [6.07, 6.45) is 3.56. The molecule has 1 saturated heterocycles. The van der Waals surface area contributed by atoms with Gasteiger partial charge in [-0.25, -0.2) is 4.98 Å². The van der Waals surface area contributed by atoms with Crippen LogP contribution in [-0.4, -0.2) is 41.5 Å². The van der Waals surface area contributed by atoms with Crippen LogP contribution in [0.5, 0.6) is 5.88 Å². The molecular formula is C14H23Cl2N3O2. The molecule has 1 aromatic rings. The van der Waals surface area contributed by atoms with Crippen molar-refractivity contribution in [3.63, 3.8) is 0 Å². The highest BCUT2D eigenvalue weighted by Crippen LogP contribution is 2.18. The monoisotopic (exact) mass is 335 g/mol. The Kier molecular flexibility index (Phi) is 9.33. The van der Waals surface area contributed by atoms with Gasteiger partial charge in [0.15, 0.2) is 0 Å². The lowest BCUT2D eigenvalue weighted by Crippen LogP contribution is -2.45. The Hall–Kier alpha value is -1.04. The summed E-state index contributed by atoms with van der Waals surface area (Å²) in [6.45, 7) is 3.75. The molecule has 0 spiro atoms. The molecule has 21 heavy (non-hydrogen) atoms. The quantitative estimate of drug-likeness (QED) is 0.912. The number of rotatable bonds is 4. The number of likely N-dealkylation sites (tertiary alicyclic amines) is 1. The van der Waals surface area contributed by atoms with Gasteiger partial charge in [-0.3, -0.25) is 4.79 Å². The number of nitrogens with zero attached hydrogens (tertiary/aromatic N) is 2. The first-order valence-corrected chi connectivity index (χ1v) is 6.77. The third kappa shape index (κ3) is 5.69. The Morgan fingerprint density at radius 3 is 2.62 bits per heavy atom. The van der Waals surface area contributed by atoms with Crippen LogP contribution in [0.15, 0.2) is 24.4 Å². The maximum Gasteiger partial charge on any atom is 0.226 e. The van der Waals surface area contributed by atoms with E-state index < -0.39 is 0 Å². The topological polar surface area (TPSA) is 68.5 Å². The van der Waals surface area contributed by atoms with E-state index >= 15 is 0 Å². The van der Waals surface area contributed by atoms with E-state index in [0.717, 1.165) is 25.9 Å². The molecule has 2 heterocycles. The summed E-state index contributed by atoms with van der Waals surface area (Å²) in [5.74, 6) is 0.717. The molecule has 5 nitrogen and oxygen atoms in total. The van der Waals surface area contributed by atoms with Crippen molar-refractivity contribution in [3.8, 4) is 5.88 Å². The molecule has 120 valence electrons. The van der Waals surface area contributed by atoms with Gasteiger partial charge in [-0.1, -0.05) is 13.0 Å². The molecule has 1 fully saturated rings. The molecule has 0 saturated carbocycles. The van der Waals surface area contributed by atoms with E-state index in [-0.39, 0.29) is 42.7 Å². The van der Waals surface area contributed by atoms with Crippen LogP contribution in [0, 0.1) is 5.92 Å². The van der Waals surface area contributed by atoms with E-state index in [4.69, 9.17) is 10.5 Å². The molecule has 2 rings (SSSR count). The maximum absolute atomic E-state index is 12.0. The van der Waals surface area contributed by atoms with Crippen LogP contribution < -0.4 is 10.5 Å². The smallest absolute Gasteiger partial charge is 0.226 e. The van der Waals surface area contributed by atoms with Gasteiger partial charge < -0.3 is 15.4 Å². The van der Waals surface area contributed by atoms with E-state index in [0.29, 0.717) is 12.4 Å². The van der Waals surface area contributed by atoms with Crippen molar-refractivity contribution in [1.29, 1.82) is 0 Å². The molecule has 2 N–H and O–H groups in total. The standard InChI is InChI=1S/C14H21N3O2.2ClH/c1-11(10-15)14(18)17-8-5-12(6-9-17)19-13-4-2-3-7-16-13;;/h2-4,7,11-12H,5-6,8-10,15H2,1H3;2*1H. The molecule has 7 heteroatoms. The molecule has 0 bridgehead atoms. The molecule has 1 aliphatic heterocycles. The summed E-state index contributed by atoms with van der Waals surface area (Å²) in [5, 5.41) is 0. The number of piperidine rings is 1. The van der Waals surface area contributed by atoms with Gasteiger partial charge in [0.1, 0.15) is 6.10 Å². The van der Waals surface area contributed by atoms with Crippen LogP contribution in [0.4, 0.5) is 0 Å². The van der Waals surface area contributed by atoms with Crippen molar-refractivity contribution in [2.75, 3.05) is 19.6 Å². The fourth-order valence-electron chi connectivity index (χ4n) is 2.19. The van der Waals surface area contributed by atoms with Gasteiger partial charge in [0.2, 0.25) is 11.8 Å². The van der Waals surface area contributed by atoms with Gasteiger partial charge in [0.25, 0.3) is 0 Å². The van der Waals surface area contributed by atoms with Crippen LogP contribution in [0.1, 0.15) is 19.8 Å². The first-order chi connectivity index (χ1) is 9.20. The summed E-state index contributed by atoms with van der Waals surface area (Å²) in [6, 6.07) is 5.63. The number of halogens is 2. The van der Waals surface area contributed by atoms with Gasteiger partial charge in [-0.15, -0.1) is 24.8 Å². The summed E-state index contributed by atoms with van der Waals surface area (Å²) in [7, 11) is 0. The Labute approximate surface area is 138 Å². The highest BCUT2D eigenvalue weighted by molar-refractivity contribution is 5.85. The lowest BCUT2D eigenvalue weighted by atomic mass is 10.0. The summed E-state index contributed by atoms with van der Waals surface area (Å²) >= 11 is 0. The van der Waals surface area contributed by atoms with E-state index in [1.165, 1.54) is 0 Å². The number of carbonyl (C=O) groups is 1. The minimum absolute atomic E-state index is 0. The predicted molar refractivity (Wildman–Crippen MR) is 87.2 cm³/mol. The summed E-state index contributed by atoms with van der Waals surface area (Å²) < 4.78 is 5.80. The lowest BCUT2D eigenvalue weighted by molar-refractivity contribution is -0.136. The largest absolute Gasteiger partial charge is 0.474 e. The Morgan fingerprint density at radius 1 is 1.43 bits per heavy atom. The number of aromatic nitrogens is 1. The maximum atomic E-state index is 12.0. The average molecular weight is 336 g/mol. The number of hydrogen-bond donors (Lipinski definition) is 1. The third-order valence-electron chi connectivity index (χ3n) is 3.45. The number of ether oxygens (including phenoxy) is 1. The number of pyridine rings is 1. The van der Waals surface area contributed by atoms with Crippen LogP contribution in [0.2, 0.25) is 0 Å². The normalized spacial score (nSPS) is 16.4. The number of hydrogen-bond acceptors (Lipinski definition) is 4. The zero-order valence-electron chi connectivity index (χ0n) is 12.1. The van der Waals surface area contributed by atoms with Gasteiger partial charge in [-0.05, 0) is 6.07 Å². The van der Waals surface area contributed by atoms with Crippen molar-refractivity contribution < 1.29 is 9.53 Å². The zero-order valence-corrected chi connectivity index (χ0v) is 13.7. The van der Waals surface area contributed by atoms with E-state index in [2.05, 4.69) is 4.98 Å². The van der Waals surface area contributed by atoms with Crippen molar-refractivity contribution in [1.82, 2.24) is 9.88 Å². The van der Waals surface area contributed by atoms with Crippen molar-refractivity contribution >= 4 is 30.7 Å². The molecule has 1 atom stereocenters. The fraction of sp³-hybridized carbons (Fsp3) is 0.571. The Balaban J connectivity index is 0.00000200. The van der Waals surface area contributed by atoms with Crippen molar-refractivity contribution in [2.24, 2.45) is 11.7 Å². The number of carbonyl (C=O) groups excluding carboxylic acids is 1. The van der Waals surface area contributed by atoms with E-state index in [1.807, 2.05) is 30.0 Å². The average Bonchev–Trinajstić information content (AvgIpc) is 2.47. The van der Waals surface area contributed by atoms with Crippen LogP contribution >= 0.6 is 24.8 Å². The Morgan fingerprint density at radius 2 is 2.10 bits per heavy atom. The highest BCUT2D eigenvalue weighted by atomic mass is 35.5. The Bertz CT molecular complexity index is 412. The van der Waals surface area contributed by atoms with Crippen LogP contribution in [-0.2, 0) is 4.79 Å². The molecule has 1 aromatic heterocycles. The molecule has 1 amide bonds. The second-order valence-electron chi connectivity index (χ2n) is 4.95. The van der Waals surface area contributed by atoms with Crippen molar-refractivity contribution in [3.05, 3.63) is 24.4 Å². The predicted octanol–water partition coefficient (Wildman–Crippen LogP) is 1.89. The zero-order chi connectivity index (χ0) is 13.7. The second kappa shape index (κ2) is 9.82. The number of nitrogens with two attached hydrogens (primary N) is 1. The first-order valence-electron chi connectivity index (χ1n) is 6.77. The minimum atomic E-state index is -0.0896. The molecular weight excluding hydrogens is 313 g/mol. The van der Waals surface area contributed by atoms with Gasteiger partial charge in [-0.2, -0.15) is 0 Å². The third-order valence-corrected chi connectivity index (χ3v) is 3.45. The van der Waals surface area contributed by atoms with Crippen LogP contribution in [0.25, 0.3) is 0 Å². The van der Waals surface area contributed by atoms with Crippen LogP contribution in [0.3, 0.4) is 0 Å². The molecule has 1 aliphatic rings. The minimum Gasteiger partial charge on any atom is -0.474 e. The fourth-order valence-corrected chi connectivity index (χ4v) is 2.19. The van der Waals surface area contributed by atoms with Gasteiger partial charge in [0, 0.05) is 50.7 Å². The molecule has 0 radical (unpaired) electrons. The molecule has 0 aromatic carbocycles. The first kappa shape index (κ1) is 20.0. The lowest BCUT2D eigenvalue weighted by Gasteiger charge is -2.33. The van der Waals surface area contributed by atoms with Gasteiger partial charge >= 0.3 is 0 Å². The van der Waals surface area contributed by atoms with E-state index in [9.17, 15) is 4.79 Å².